The van der Waals surface area contributed by atoms with E-state index in [0.29, 0.717) is 55.9 Å². The van der Waals surface area contributed by atoms with Gasteiger partial charge in [-0.25, -0.2) is 23.5 Å². The third-order valence-corrected chi connectivity index (χ3v) is 5.60. The molecule has 0 amide bonds. The number of anilines is 1. The van der Waals surface area contributed by atoms with Crippen molar-refractivity contribution in [2.45, 2.75) is 19.9 Å². The van der Waals surface area contributed by atoms with Crippen molar-refractivity contribution < 1.29 is 18.3 Å². The molecule has 0 unspecified atom stereocenters. The highest BCUT2D eigenvalue weighted by Gasteiger charge is 2.23. The van der Waals surface area contributed by atoms with Gasteiger partial charge in [0.05, 0.1) is 18.2 Å². The molecule has 2 aromatic heterocycles. The number of fused-ring (bicyclic) bond motifs is 1. The molecule has 8 nitrogen and oxygen atoms in total. The Hall–Kier alpha value is -3.40. The van der Waals surface area contributed by atoms with Gasteiger partial charge in [0.15, 0.2) is 17.5 Å². The summed E-state index contributed by atoms with van der Waals surface area (Å²) in [5, 5.41) is 0. The van der Waals surface area contributed by atoms with Gasteiger partial charge in [-0.05, 0) is 18.6 Å². The van der Waals surface area contributed by atoms with Crippen molar-refractivity contribution in [2.75, 3.05) is 38.2 Å². The maximum absolute atomic E-state index is 15.0. The molecule has 1 N–H and O–H groups in total. The fraction of sp³-hybridized carbons (Fsp3) is 0.364. The molecule has 168 valence electrons. The molecule has 1 fully saturated rings. The number of halogens is 2. The number of nitrogens with one attached hydrogen (secondary N) is 1. The molecule has 0 saturated carbocycles. The lowest BCUT2D eigenvalue weighted by atomic mass is 10.1. The number of pyridine rings is 1. The van der Waals surface area contributed by atoms with Crippen molar-refractivity contribution >= 4 is 22.8 Å². The number of H-pyrrole nitrogens is 1. The Bertz CT molecular complexity index is 1220. The van der Waals surface area contributed by atoms with Crippen LogP contribution in [0.2, 0.25) is 0 Å². The second kappa shape index (κ2) is 8.99. The first kappa shape index (κ1) is 21.8. The number of benzene rings is 1. The number of carbonyl (C=O) groups excluding carboxylic acids is 1. The van der Waals surface area contributed by atoms with E-state index >= 15 is 4.39 Å². The molecular weight excluding hydrogens is 420 g/mol. The van der Waals surface area contributed by atoms with E-state index in [1.54, 1.807) is 17.0 Å². The van der Waals surface area contributed by atoms with Crippen LogP contribution in [0.5, 0.6) is 0 Å². The molecule has 0 atom stereocenters. The zero-order valence-corrected chi connectivity index (χ0v) is 17.8. The summed E-state index contributed by atoms with van der Waals surface area (Å²) in [6, 6.07) is 4.51. The van der Waals surface area contributed by atoms with Crippen LogP contribution in [0, 0.1) is 11.6 Å². The average molecular weight is 443 g/mol. The molecule has 1 aromatic carbocycles. The molecule has 3 heterocycles. The molecule has 3 aromatic rings. The van der Waals surface area contributed by atoms with E-state index in [0.717, 1.165) is 6.07 Å². The van der Waals surface area contributed by atoms with Crippen molar-refractivity contribution in [3.05, 3.63) is 63.2 Å². The van der Waals surface area contributed by atoms with Crippen LogP contribution in [-0.2, 0) is 17.7 Å². The fourth-order valence-corrected chi connectivity index (χ4v) is 3.82. The monoisotopic (exact) mass is 443 g/mol. The van der Waals surface area contributed by atoms with Crippen molar-refractivity contribution in [3.8, 4) is 0 Å². The standard InChI is InChI=1S/C22H23F2N5O3/c1-3-16-21(30)27-19-17(26-16)5-4-13(18(19)24)12-28-6-8-29(9-7-28)20-15(23)10-14(11-25-20)22(31)32-2/h4-5,10-11H,3,6-9,12H2,1-2H3,(H,27,30). The van der Waals surface area contributed by atoms with Crippen molar-refractivity contribution in [2.24, 2.45) is 0 Å². The van der Waals surface area contributed by atoms with Crippen LogP contribution in [0.3, 0.4) is 0 Å². The summed E-state index contributed by atoms with van der Waals surface area (Å²) in [6.45, 7) is 4.30. The number of hydrogen-bond donors (Lipinski definition) is 1. The Morgan fingerprint density at radius 3 is 2.62 bits per heavy atom. The number of hydrogen-bond acceptors (Lipinski definition) is 7. The van der Waals surface area contributed by atoms with Gasteiger partial charge in [0.1, 0.15) is 11.2 Å². The number of ether oxygens (including phenoxy) is 1. The average Bonchev–Trinajstić information content (AvgIpc) is 2.81. The number of esters is 1. The van der Waals surface area contributed by atoms with Crippen LogP contribution in [-0.4, -0.2) is 59.1 Å². The lowest BCUT2D eigenvalue weighted by Gasteiger charge is -2.35. The smallest absolute Gasteiger partial charge is 0.339 e. The van der Waals surface area contributed by atoms with E-state index in [4.69, 9.17) is 0 Å². The first-order chi connectivity index (χ1) is 15.4. The van der Waals surface area contributed by atoms with Crippen molar-refractivity contribution in [3.63, 3.8) is 0 Å². The predicted molar refractivity (Wildman–Crippen MR) is 115 cm³/mol. The van der Waals surface area contributed by atoms with Gasteiger partial charge in [0, 0.05) is 44.5 Å². The summed E-state index contributed by atoms with van der Waals surface area (Å²) in [7, 11) is 1.22. The second-order valence-corrected chi connectivity index (χ2v) is 7.58. The van der Waals surface area contributed by atoms with E-state index in [9.17, 15) is 14.0 Å². The van der Waals surface area contributed by atoms with Crippen LogP contribution in [0.1, 0.15) is 28.5 Å². The Morgan fingerprint density at radius 2 is 1.97 bits per heavy atom. The molecule has 0 bridgehead atoms. The minimum absolute atomic E-state index is 0.0535. The summed E-state index contributed by atoms with van der Waals surface area (Å²) in [4.78, 5) is 38.3. The Kier molecular flexibility index (Phi) is 6.13. The molecule has 10 heteroatoms. The number of aromatic nitrogens is 3. The number of nitrogens with zero attached hydrogens (tertiary/aromatic N) is 4. The lowest BCUT2D eigenvalue weighted by Crippen LogP contribution is -2.46. The highest BCUT2D eigenvalue weighted by molar-refractivity contribution is 5.89. The van der Waals surface area contributed by atoms with E-state index in [2.05, 4.69) is 19.7 Å². The van der Waals surface area contributed by atoms with Crippen molar-refractivity contribution in [1.29, 1.82) is 0 Å². The first-order valence-electron chi connectivity index (χ1n) is 10.3. The van der Waals surface area contributed by atoms with E-state index in [1.165, 1.54) is 13.3 Å². The number of aryl methyl sites for hydroxylation is 1. The van der Waals surface area contributed by atoms with E-state index in [1.807, 2.05) is 11.8 Å². The molecule has 1 aliphatic rings. The maximum Gasteiger partial charge on any atom is 0.339 e. The predicted octanol–water partition coefficient (Wildman–Crippen LogP) is 2.27. The molecule has 4 rings (SSSR count). The SMILES string of the molecule is CCc1nc2ccc(CN3CCN(c4ncc(C(=O)OC)cc4F)CC3)c(F)c2[nH]c1=O. The summed E-state index contributed by atoms with van der Waals surface area (Å²) in [5.74, 6) is -1.55. The summed E-state index contributed by atoms with van der Waals surface area (Å²) >= 11 is 0. The zero-order valence-electron chi connectivity index (χ0n) is 17.8. The topological polar surface area (TPSA) is 91.4 Å². The fourth-order valence-electron chi connectivity index (χ4n) is 3.82. The number of carbonyl (C=O) groups is 1. The van der Waals surface area contributed by atoms with Crippen LogP contribution >= 0.6 is 0 Å². The Morgan fingerprint density at radius 1 is 1.22 bits per heavy atom. The van der Waals surface area contributed by atoms with Gasteiger partial charge in [-0.2, -0.15) is 0 Å². The summed E-state index contributed by atoms with van der Waals surface area (Å²) in [5.41, 5.74) is 1.04. The van der Waals surface area contributed by atoms with Gasteiger partial charge < -0.3 is 14.6 Å². The zero-order chi connectivity index (χ0) is 22.8. The molecule has 1 saturated heterocycles. The van der Waals surface area contributed by atoms with Gasteiger partial charge in [0.25, 0.3) is 5.56 Å². The minimum Gasteiger partial charge on any atom is -0.465 e. The van der Waals surface area contributed by atoms with Gasteiger partial charge in [-0.1, -0.05) is 13.0 Å². The van der Waals surface area contributed by atoms with Crippen molar-refractivity contribution in [1.82, 2.24) is 19.9 Å². The first-order valence-corrected chi connectivity index (χ1v) is 10.3. The van der Waals surface area contributed by atoms with Gasteiger partial charge in [0.2, 0.25) is 0 Å². The third kappa shape index (κ3) is 4.18. The molecular formula is C22H23F2N5O3. The van der Waals surface area contributed by atoms with E-state index in [-0.39, 0.29) is 22.5 Å². The van der Waals surface area contributed by atoms with Gasteiger partial charge >= 0.3 is 5.97 Å². The van der Waals surface area contributed by atoms with Crippen LogP contribution in [0.25, 0.3) is 11.0 Å². The van der Waals surface area contributed by atoms with Gasteiger partial charge in [-0.3, -0.25) is 9.69 Å². The van der Waals surface area contributed by atoms with E-state index < -0.39 is 17.6 Å². The number of rotatable bonds is 5. The number of aromatic amines is 1. The molecule has 0 radical (unpaired) electrons. The highest BCUT2D eigenvalue weighted by atomic mass is 19.1. The maximum atomic E-state index is 15.0. The Balaban J connectivity index is 1.45. The third-order valence-electron chi connectivity index (χ3n) is 5.60. The normalized spacial score (nSPS) is 14.7. The quantitative estimate of drug-likeness (QED) is 0.605. The van der Waals surface area contributed by atoms with Crippen LogP contribution in [0.15, 0.2) is 29.2 Å². The molecule has 1 aliphatic heterocycles. The molecule has 0 aliphatic carbocycles. The second-order valence-electron chi connectivity index (χ2n) is 7.58. The van der Waals surface area contributed by atoms with Gasteiger partial charge in [-0.15, -0.1) is 0 Å². The Labute approximate surface area is 182 Å². The summed E-state index contributed by atoms with van der Waals surface area (Å²) in [6.07, 6.45) is 1.76. The van der Waals surface area contributed by atoms with Crippen LogP contribution in [0.4, 0.5) is 14.6 Å². The molecule has 32 heavy (non-hydrogen) atoms. The minimum atomic E-state index is -0.646. The van der Waals surface area contributed by atoms with Crippen LogP contribution < -0.4 is 10.5 Å². The summed E-state index contributed by atoms with van der Waals surface area (Å²) < 4.78 is 34.1. The highest BCUT2D eigenvalue weighted by Crippen LogP contribution is 2.22. The number of piperazine rings is 1. The largest absolute Gasteiger partial charge is 0.465 e. The molecule has 0 spiro atoms. The lowest BCUT2D eigenvalue weighted by molar-refractivity contribution is 0.0599. The number of methoxy groups -OCH3 is 1.